The van der Waals surface area contributed by atoms with Crippen molar-refractivity contribution in [2.45, 2.75) is 32.1 Å². The van der Waals surface area contributed by atoms with Crippen molar-refractivity contribution < 1.29 is 9.53 Å². The van der Waals surface area contributed by atoms with Crippen LogP contribution >= 0.6 is 23.1 Å². The lowest BCUT2D eigenvalue weighted by molar-refractivity contribution is -0.151. The molecule has 0 fully saturated rings. The highest BCUT2D eigenvalue weighted by molar-refractivity contribution is 7.99. The van der Waals surface area contributed by atoms with Crippen LogP contribution in [-0.2, 0) is 15.3 Å². The van der Waals surface area contributed by atoms with E-state index in [2.05, 4.69) is 9.97 Å². The van der Waals surface area contributed by atoms with Crippen molar-refractivity contribution in [3.8, 4) is 0 Å². The topological polar surface area (TPSA) is 78.1 Å². The molecule has 0 radical (unpaired) electrons. The number of hydrogen-bond donors (Lipinski definition) is 1. The maximum absolute atomic E-state index is 11.6. The standard InChI is InChI=1S/C13H17N3O2S2/c1-13(2,3)18-10(17)7-19-6-9-15-11(14)8-4-5-20-12(8)16-9/h4-5H,6-7H2,1-3H3,(H2,14,15,16). The van der Waals surface area contributed by atoms with E-state index in [1.54, 1.807) is 0 Å². The van der Waals surface area contributed by atoms with Gasteiger partial charge in [0.05, 0.1) is 16.9 Å². The minimum atomic E-state index is -0.450. The first-order valence-electron chi connectivity index (χ1n) is 6.14. The summed E-state index contributed by atoms with van der Waals surface area (Å²) >= 11 is 2.96. The van der Waals surface area contributed by atoms with Crippen molar-refractivity contribution in [1.82, 2.24) is 9.97 Å². The third-order valence-corrected chi connectivity index (χ3v) is 3.98. The molecule has 0 saturated heterocycles. The van der Waals surface area contributed by atoms with Crippen LogP contribution in [0.25, 0.3) is 10.2 Å². The summed E-state index contributed by atoms with van der Waals surface area (Å²) in [5, 5.41) is 2.82. The molecule has 2 aromatic rings. The van der Waals surface area contributed by atoms with Gasteiger partial charge in [-0.3, -0.25) is 4.79 Å². The van der Waals surface area contributed by atoms with Gasteiger partial charge in [-0.05, 0) is 32.2 Å². The van der Waals surface area contributed by atoms with Crippen molar-refractivity contribution in [2.24, 2.45) is 0 Å². The lowest BCUT2D eigenvalue weighted by Gasteiger charge is -2.19. The summed E-state index contributed by atoms with van der Waals surface area (Å²) in [5.41, 5.74) is 5.42. The van der Waals surface area contributed by atoms with Crippen LogP contribution in [-0.4, -0.2) is 27.3 Å². The Morgan fingerprint density at radius 1 is 1.45 bits per heavy atom. The fourth-order valence-electron chi connectivity index (χ4n) is 1.59. The van der Waals surface area contributed by atoms with Gasteiger partial charge in [-0.25, -0.2) is 9.97 Å². The number of rotatable bonds is 4. The number of nitrogen functional groups attached to an aromatic ring is 1. The summed E-state index contributed by atoms with van der Waals surface area (Å²) in [5.74, 6) is 1.73. The number of thiophene rings is 1. The molecule has 0 aromatic carbocycles. The van der Waals surface area contributed by atoms with Crippen molar-refractivity contribution in [3.05, 3.63) is 17.3 Å². The number of carbonyl (C=O) groups is 1. The summed E-state index contributed by atoms with van der Waals surface area (Å²) in [4.78, 5) is 21.1. The Morgan fingerprint density at radius 2 is 2.20 bits per heavy atom. The van der Waals surface area contributed by atoms with Gasteiger partial charge >= 0.3 is 5.97 Å². The van der Waals surface area contributed by atoms with E-state index in [1.165, 1.54) is 23.1 Å². The largest absolute Gasteiger partial charge is 0.459 e. The maximum Gasteiger partial charge on any atom is 0.316 e. The predicted molar refractivity (Wildman–Crippen MR) is 83.8 cm³/mol. The molecule has 0 spiro atoms. The number of carbonyl (C=O) groups excluding carboxylic acids is 1. The second-order valence-corrected chi connectivity index (χ2v) is 7.12. The molecular formula is C13H17N3O2S2. The molecule has 0 aliphatic carbocycles. The number of anilines is 1. The fraction of sp³-hybridized carbons (Fsp3) is 0.462. The van der Waals surface area contributed by atoms with E-state index in [-0.39, 0.29) is 11.7 Å². The van der Waals surface area contributed by atoms with E-state index in [0.717, 1.165) is 10.2 Å². The highest BCUT2D eigenvalue weighted by Gasteiger charge is 2.16. The van der Waals surface area contributed by atoms with Crippen LogP contribution in [0.4, 0.5) is 5.82 Å². The van der Waals surface area contributed by atoms with E-state index >= 15 is 0 Å². The highest BCUT2D eigenvalue weighted by atomic mass is 32.2. The molecule has 0 bridgehead atoms. The lowest BCUT2D eigenvalue weighted by Crippen LogP contribution is -2.25. The van der Waals surface area contributed by atoms with Crippen LogP contribution in [0.2, 0.25) is 0 Å². The maximum atomic E-state index is 11.6. The zero-order valence-electron chi connectivity index (χ0n) is 11.7. The van der Waals surface area contributed by atoms with Gasteiger partial charge in [-0.2, -0.15) is 0 Å². The third-order valence-electron chi connectivity index (χ3n) is 2.27. The molecule has 2 rings (SSSR count). The lowest BCUT2D eigenvalue weighted by atomic mass is 10.2. The monoisotopic (exact) mass is 311 g/mol. The van der Waals surface area contributed by atoms with Crippen LogP contribution in [0.15, 0.2) is 11.4 Å². The number of fused-ring (bicyclic) bond motifs is 1. The molecule has 108 valence electrons. The van der Waals surface area contributed by atoms with Gasteiger partial charge in [0.25, 0.3) is 0 Å². The quantitative estimate of drug-likeness (QED) is 0.875. The van der Waals surface area contributed by atoms with Gasteiger partial charge in [-0.1, -0.05) is 0 Å². The van der Waals surface area contributed by atoms with Gasteiger partial charge in [0.2, 0.25) is 0 Å². The third kappa shape index (κ3) is 4.08. The number of ether oxygens (including phenoxy) is 1. The second kappa shape index (κ2) is 5.97. The zero-order valence-corrected chi connectivity index (χ0v) is 13.3. The summed E-state index contributed by atoms with van der Waals surface area (Å²) in [6.45, 7) is 5.55. The first-order valence-corrected chi connectivity index (χ1v) is 8.18. The van der Waals surface area contributed by atoms with Crippen LogP contribution in [0.5, 0.6) is 0 Å². The Kier molecular flexibility index (Phi) is 4.49. The zero-order chi connectivity index (χ0) is 14.8. The molecule has 0 amide bonds. The summed E-state index contributed by atoms with van der Waals surface area (Å²) in [6.07, 6.45) is 0. The molecule has 20 heavy (non-hydrogen) atoms. The molecule has 5 nitrogen and oxygen atoms in total. The molecule has 2 aromatic heterocycles. The summed E-state index contributed by atoms with van der Waals surface area (Å²) < 4.78 is 5.23. The molecule has 0 aliphatic rings. The Bertz CT molecular complexity index is 620. The highest BCUT2D eigenvalue weighted by Crippen LogP contribution is 2.24. The van der Waals surface area contributed by atoms with E-state index < -0.39 is 5.60 Å². The molecule has 0 atom stereocenters. The average molecular weight is 311 g/mol. The number of thioether (sulfide) groups is 1. The van der Waals surface area contributed by atoms with Gasteiger partial charge < -0.3 is 10.5 Å². The molecular weight excluding hydrogens is 294 g/mol. The minimum absolute atomic E-state index is 0.229. The van der Waals surface area contributed by atoms with Gasteiger partial charge in [0.1, 0.15) is 22.1 Å². The first-order chi connectivity index (χ1) is 9.35. The van der Waals surface area contributed by atoms with Crippen LogP contribution in [0.1, 0.15) is 26.6 Å². The van der Waals surface area contributed by atoms with Crippen molar-refractivity contribution in [3.63, 3.8) is 0 Å². The van der Waals surface area contributed by atoms with Crippen LogP contribution < -0.4 is 5.73 Å². The normalized spacial score (nSPS) is 11.8. The Labute approximate surface area is 125 Å². The van der Waals surface area contributed by atoms with Gasteiger partial charge in [0, 0.05) is 0 Å². The Morgan fingerprint density at radius 3 is 2.90 bits per heavy atom. The summed E-state index contributed by atoms with van der Waals surface area (Å²) in [6, 6.07) is 1.91. The second-order valence-electron chi connectivity index (χ2n) is 5.24. The Hall–Kier alpha value is -1.34. The molecule has 0 unspecified atom stereocenters. The number of nitrogens with two attached hydrogens (primary N) is 1. The average Bonchev–Trinajstić information content (AvgIpc) is 2.75. The fourth-order valence-corrected chi connectivity index (χ4v) is 3.02. The van der Waals surface area contributed by atoms with Crippen molar-refractivity contribution >= 4 is 45.1 Å². The van der Waals surface area contributed by atoms with E-state index in [9.17, 15) is 4.79 Å². The smallest absolute Gasteiger partial charge is 0.316 e. The molecule has 7 heteroatoms. The molecule has 0 aliphatic heterocycles. The molecule has 2 N–H and O–H groups in total. The van der Waals surface area contributed by atoms with E-state index in [0.29, 0.717) is 17.4 Å². The van der Waals surface area contributed by atoms with Gasteiger partial charge in [-0.15, -0.1) is 23.1 Å². The van der Waals surface area contributed by atoms with E-state index in [1.807, 2.05) is 32.2 Å². The van der Waals surface area contributed by atoms with Crippen LogP contribution in [0, 0.1) is 0 Å². The molecule has 2 heterocycles. The van der Waals surface area contributed by atoms with E-state index in [4.69, 9.17) is 10.5 Å². The van der Waals surface area contributed by atoms with Crippen molar-refractivity contribution in [1.29, 1.82) is 0 Å². The first kappa shape index (κ1) is 15.1. The summed E-state index contributed by atoms with van der Waals surface area (Å²) in [7, 11) is 0. The number of esters is 1. The molecule has 0 saturated carbocycles. The number of aromatic nitrogens is 2. The Balaban J connectivity index is 1.91. The minimum Gasteiger partial charge on any atom is -0.459 e. The SMILES string of the molecule is CC(C)(C)OC(=O)CSCc1nc(N)c2ccsc2n1. The predicted octanol–water partition coefficient (Wildman–Crippen LogP) is 2.85. The van der Waals surface area contributed by atoms with Gasteiger partial charge in [0.15, 0.2) is 0 Å². The van der Waals surface area contributed by atoms with Crippen LogP contribution in [0.3, 0.4) is 0 Å². The number of hydrogen-bond acceptors (Lipinski definition) is 7. The number of nitrogens with zero attached hydrogens (tertiary/aromatic N) is 2. The van der Waals surface area contributed by atoms with Crippen molar-refractivity contribution in [2.75, 3.05) is 11.5 Å².